The maximum absolute atomic E-state index is 13.4. The highest BCUT2D eigenvalue weighted by molar-refractivity contribution is 5.87. The number of benzene rings is 1. The van der Waals surface area contributed by atoms with E-state index in [0.29, 0.717) is 12.1 Å². The smallest absolute Gasteiger partial charge is 0.335 e. The van der Waals surface area contributed by atoms with E-state index < -0.39 is 35.0 Å². The summed E-state index contributed by atoms with van der Waals surface area (Å²) in [7, 11) is 1.43. The van der Waals surface area contributed by atoms with Crippen LogP contribution in [0, 0.1) is 11.6 Å². The van der Waals surface area contributed by atoms with Gasteiger partial charge in [-0.05, 0) is 19.1 Å². The number of carboxylic acids is 1. The van der Waals surface area contributed by atoms with E-state index in [1.165, 1.54) is 7.11 Å². The summed E-state index contributed by atoms with van der Waals surface area (Å²) in [5.74, 6) is -4.10. The van der Waals surface area contributed by atoms with Gasteiger partial charge in [0.1, 0.15) is 6.10 Å². The van der Waals surface area contributed by atoms with Crippen LogP contribution in [0.4, 0.5) is 8.78 Å². The topological polar surface area (TPSA) is 55.8 Å². The summed E-state index contributed by atoms with van der Waals surface area (Å²) >= 11 is 0. The molecule has 0 aliphatic rings. The molecular formula is C11H12F2O4. The van der Waals surface area contributed by atoms with Gasteiger partial charge in [-0.1, -0.05) is 0 Å². The Morgan fingerprint density at radius 3 is 2.35 bits per heavy atom. The number of aromatic carboxylic acids is 1. The van der Waals surface area contributed by atoms with E-state index in [0.717, 1.165) is 0 Å². The molecule has 0 aliphatic heterocycles. The lowest BCUT2D eigenvalue weighted by Gasteiger charge is -2.15. The summed E-state index contributed by atoms with van der Waals surface area (Å²) in [6.45, 7) is 1.74. The zero-order valence-corrected chi connectivity index (χ0v) is 9.37. The van der Waals surface area contributed by atoms with Crippen molar-refractivity contribution in [1.29, 1.82) is 0 Å². The Hall–Kier alpha value is -1.69. The van der Waals surface area contributed by atoms with Gasteiger partial charge in [-0.25, -0.2) is 13.6 Å². The van der Waals surface area contributed by atoms with Crippen molar-refractivity contribution in [1.82, 2.24) is 0 Å². The molecule has 0 radical (unpaired) electrons. The second kappa shape index (κ2) is 5.58. The van der Waals surface area contributed by atoms with Gasteiger partial charge in [-0.2, -0.15) is 0 Å². The van der Waals surface area contributed by atoms with E-state index in [9.17, 15) is 13.6 Å². The Balaban J connectivity index is 2.97. The highest BCUT2D eigenvalue weighted by Gasteiger charge is 2.17. The van der Waals surface area contributed by atoms with Crippen LogP contribution >= 0.6 is 0 Å². The monoisotopic (exact) mass is 246 g/mol. The number of rotatable bonds is 5. The normalized spacial score (nSPS) is 12.2. The molecule has 0 unspecified atom stereocenters. The van der Waals surface area contributed by atoms with Crippen LogP contribution in [-0.2, 0) is 4.74 Å². The average molecular weight is 246 g/mol. The lowest BCUT2D eigenvalue weighted by atomic mass is 10.2. The molecule has 17 heavy (non-hydrogen) atoms. The quantitative estimate of drug-likeness (QED) is 0.864. The van der Waals surface area contributed by atoms with E-state index in [2.05, 4.69) is 0 Å². The minimum Gasteiger partial charge on any atom is -0.482 e. The van der Waals surface area contributed by atoms with E-state index in [1.807, 2.05) is 0 Å². The molecule has 6 heteroatoms. The second-order valence-corrected chi connectivity index (χ2v) is 3.46. The average Bonchev–Trinajstić information content (AvgIpc) is 2.23. The number of hydrogen-bond donors (Lipinski definition) is 1. The third-order valence-corrected chi connectivity index (χ3v) is 1.97. The Bertz CT molecular complexity index is 397. The molecule has 1 aromatic rings. The maximum Gasteiger partial charge on any atom is 0.335 e. The summed E-state index contributed by atoms with van der Waals surface area (Å²) in [4.78, 5) is 10.5. The molecule has 0 saturated heterocycles. The number of carbonyl (C=O) groups is 1. The van der Waals surface area contributed by atoms with Crippen LogP contribution in [-0.4, -0.2) is 30.9 Å². The minimum atomic E-state index is -1.40. The lowest BCUT2D eigenvalue weighted by molar-refractivity contribution is 0.0694. The number of ether oxygens (including phenoxy) is 2. The van der Waals surface area contributed by atoms with Crippen LogP contribution in [0.25, 0.3) is 0 Å². The maximum atomic E-state index is 13.4. The standard InChI is InChI=1S/C11H12F2O4/c1-6(5-16-2)17-10-8(12)3-7(11(14)15)4-9(10)13/h3-4,6H,5H2,1-2H3,(H,14,15)/t6-/m1/s1. The Labute approximate surface area is 96.8 Å². The van der Waals surface area contributed by atoms with Crippen molar-refractivity contribution in [2.45, 2.75) is 13.0 Å². The van der Waals surface area contributed by atoms with E-state index >= 15 is 0 Å². The van der Waals surface area contributed by atoms with E-state index in [1.54, 1.807) is 6.92 Å². The van der Waals surface area contributed by atoms with Gasteiger partial charge in [0.15, 0.2) is 17.4 Å². The number of methoxy groups -OCH3 is 1. The van der Waals surface area contributed by atoms with Crippen molar-refractivity contribution in [3.05, 3.63) is 29.3 Å². The highest BCUT2D eigenvalue weighted by atomic mass is 19.1. The molecule has 4 nitrogen and oxygen atoms in total. The molecule has 1 aromatic carbocycles. The van der Waals surface area contributed by atoms with Crippen LogP contribution in [0.15, 0.2) is 12.1 Å². The number of halogens is 2. The lowest BCUT2D eigenvalue weighted by Crippen LogP contribution is -2.19. The Morgan fingerprint density at radius 1 is 1.41 bits per heavy atom. The molecule has 0 saturated carbocycles. The fourth-order valence-electron chi connectivity index (χ4n) is 1.27. The molecule has 0 amide bonds. The first-order valence-electron chi connectivity index (χ1n) is 4.83. The summed E-state index contributed by atoms with van der Waals surface area (Å²) in [6.07, 6.45) is -0.542. The van der Waals surface area contributed by atoms with Gasteiger partial charge in [0.25, 0.3) is 0 Å². The van der Waals surface area contributed by atoms with Crippen molar-refractivity contribution in [2.24, 2.45) is 0 Å². The summed E-state index contributed by atoms with van der Waals surface area (Å²) in [6, 6.07) is 1.42. The van der Waals surface area contributed by atoms with Crippen molar-refractivity contribution >= 4 is 5.97 Å². The highest BCUT2D eigenvalue weighted by Crippen LogP contribution is 2.24. The van der Waals surface area contributed by atoms with Crippen LogP contribution < -0.4 is 4.74 Å². The number of carboxylic acid groups (broad SMARTS) is 1. The SMILES string of the molecule is COC[C@@H](C)Oc1c(F)cc(C(=O)O)cc1F. The largest absolute Gasteiger partial charge is 0.482 e. The van der Waals surface area contributed by atoms with Crippen LogP contribution in [0.5, 0.6) is 5.75 Å². The second-order valence-electron chi connectivity index (χ2n) is 3.46. The Kier molecular flexibility index (Phi) is 4.39. The minimum absolute atomic E-state index is 0.166. The fourth-order valence-corrected chi connectivity index (χ4v) is 1.27. The van der Waals surface area contributed by atoms with E-state index in [-0.39, 0.29) is 6.61 Å². The molecule has 0 bridgehead atoms. The molecule has 94 valence electrons. The van der Waals surface area contributed by atoms with Crippen molar-refractivity contribution in [3.8, 4) is 5.75 Å². The molecule has 1 N–H and O–H groups in total. The predicted octanol–water partition coefficient (Wildman–Crippen LogP) is 2.08. The first-order chi connectivity index (χ1) is 7.95. The molecule has 1 rings (SSSR count). The summed E-state index contributed by atoms with van der Waals surface area (Å²) in [5.41, 5.74) is -0.466. The zero-order valence-electron chi connectivity index (χ0n) is 9.37. The van der Waals surface area contributed by atoms with Crippen molar-refractivity contribution in [2.75, 3.05) is 13.7 Å². The molecule has 0 aliphatic carbocycles. The van der Waals surface area contributed by atoms with Gasteiger partial charge in [0.05, 0.1) is 12.2 Å². The molecule has 0 spiro atoms. The van der Waals surface area contributed by atoms with Gasteiger partial charge < -0.3 is 14.6 Å². The molecule has 1 atom stereocenters. The van der Waals surface area contributed by atoms with Gasteiger partial charge in [0, 0.05) is 7.11 Å². The molecule has 0 fully saturated rings. The van der Waals surface area contributed by atoms with Crippen LogP contribution in [0.3, 0.4) is 0 Å². The molecular weight excluding hydrogens is 234 g/mol. The van der Waals surface area contributed by atoms with Crippen molar-refractivity contribution in [3.63, 3.8) is 0 Å². The van der Waals surface area contributed by atoms with Gasteiger partial charge in [0.2, 0.25) is 0 Å². The molecule has 0 aromatic heterocycles. The van der Waals surface area contributed by atoms with Crippen LogP contribution in [0.2, 0.25) is 0 Å². The third kappa shape index (κ3) is 3.39. The molecule has 0 heterocycles. The third-order valence-electron chi connectivity index (χ3n) is 1.97. The Morgan fingerprint density at radius 2 is 1.94 bits per heavy atom. The van der Waals surface area contributed by atoms with Crippen LogP contribution in [0.1, 0.15) is 17.3 Å². The van der Waals surface area contributed by atoms with Crippen molar-refractivity contribution < 1.29 is 28.2 Å². The zero-order chi connectivity index (χ0) is 13.0. The predicted molar refractivity (Wildman–Crippen MR) is 55.3 cm³/mol. The van der Waals surface area contributed by atoms with Gasteiger partial charge >= 0.3 is 5.97 Å². The first kappa shape index (κ1) is 13.4. The van der Waals surface area contributed by atoms with Gasteiger partial charge in [-0.15, -0.1) is 0 Å². The summed E-state index contributed by atoms with van der Waals surface area (Å²) < 4.78 is 36.5. The van der Waals surface area contributed by atoms with E-state index in [4.69, 9.17) is 14.6 Å². The van der Waals surface area contributed by atoms with Gasteiger partial charge in [-0.3, -0.25) is 0 Å². The fraction of sp³-hybridized carbons (Fsp3) is 0.364. The number of hydrogen-bond acceptors (Lipinski definition) is 3. The summed E-state index contributed by atoms with van der Waals surface area (Å²) in [5, 5.41) is 8.60. The first-order valence-corrected chi connectivity index (χ1v) is 4.83.